The van der Waals surface area contributed by atoms with Crippen molar-refractivity contribution < 1.29 is 23.5 Å². The Morgan fingerprint density at radius 2 is 1.93 bits per heavy atom. The molecule has 146 valence electrons. The van der Waals surface area contributed by atoms with Crippen LogP contribution in [0, 0.1) is 20.8 Å². The first-order chi connectivity index (χ1) is 13.3. The minimum Gasteiger partial charge on any atom is -0.484 e. The molecule has 0 fully saturated rings. The highest BCUT2D eigenvalue weighted by molar-refractivity contribution is 7.16. The highest BCUT2D eigenvalue weighted by atomic mass is 32.1. The molecule has 0 aliphatic heterocycles. The molecule has 0 saturated heterocycles. The number of esters is 1. The Bertz CT molecular complexity index is 1130. The second-order valence-electron chi connectivity index (χ2n) is 6.22. The maximum atomic E-state index is 12.3. The Morgan fingerprint density at radius 3 is 2.64 bits per heavy atom. The average Bonchev–Trinajstić information content (AvgIpc) is 2.92. The molecule has 8 heteroatoms. The summed E-state index contributed by atoms with van der Waals surface area (Å²) in [6.45, 7) is 5.22. The number of amides is 1. The molecule has 0 atom stereocenters. The van der Waals surface area contributed by atoms with Crippen LogP contribution >= 0.6 is 11.3 Å². The van der Waals surface area contributed by atoms with E-state index in [4.69, 9.17) is 13.9 Å². The van der Waals surface area contributed by atoms with Gasteiger partial charge in [0.15, 0.2) is 6.61 Å². The summed E-state index contributed by atoms with van der Waals surface area (Å²) in [5, 5.41) is 3.91. The fourth-order valence-corrected chi connectivity index (χ4v) is 3.83. The number of ether oxygens (including phenoxy) is 2. The molecule has 0 radical (unpaired) electrons. The van der Waals surface area contributed by atoms with Crippen LogP contribution in [0.4, 0.5) is 5.00 Å². The maximum absolute atomic E-state index is 12.3. The Kier molecular flexibility index (Phi) is 5.51. The van der Waals surface area contributed by atoms with Gasteiger partial charge in [-0.05, 0) is 44.0 Å². The van der Waals surface area contributed by atoms with Gasteiger partial charge in [0.05, 0.1) is 12.7 Å². The molecule has 2 aromatic heterocycles. The lowest BCUT2D eigenvalue weighted by molar-refractivity contribution is -0.118. The number of methoxy groups -OCH3 is 1. The zero-order valence-electron chi connectivity index (χ0n) is 15.9. The van der Waals surface area contributed by atoms with E-state index in [1.807, 2.05) is 13.8 Å². The molecule has 0 saturated carbocycles. The van der Waals surface area contributed by atoms with Crippen LogP contribution in [-0.2, 0) is 9.53 Å². The number of aryl methyl sites for hydroxylation is 2. The molecule has 1 N–H and O–H groups in total. The quantitative estimate of drug-likeness (QED) is 0.519. The topological polar surface area (TPSA) is 94.8 Å². The van der Waals surface area contributed by atoms with Crippen LogP contribution < -0.4 is 15.7 Å². The third-order valence-electron chi connectivity index (χ3n) is 4.32. The number of hydrogen-bond acceptors (Lipinski definition) is 7. The molecule has 1 aromatic carbocycles. The molecule has 3 aromatic rings. The average molecular weight is 401 g/mol. The Morgan fingerprint density at radius 1 is 1.18 bits per heavy atom. The Labute approximate surface area is 164 Å². The number of carbonyl (C=O) groups is 2. The van der Waals surface area contributed by atoms with Crippen molar-refractivity contribution in [1.29, 1.82) is 0 Å². The van der Waals surface area contributed by atoms with Crippen LogP contribution in [0.25, 0.3) is 11.0 Å². The van der Waals surface area contributed by atoms with Crippen molar-refractivity contribution >= 4 is 39.2 Å². The number of benzene rings is 1. The third kappa shape index (κ3) is 3.91. The third-order valence-corrected chi connectivity index (χ3v) is 5.44. The number of anilines is 1. The summed E-state index contributed by atoms with van der Waals surface area (Å²) in [6, 6.07) is 6.45. The first-order valence-electron chi connectivity index (χ1n) is 8.45. The lowest BCUT2D eigenvalue weighted by Crippen LogP contribution is -2.21. The standard InChI is InChI=1S/C20H19NO6S/c1-10-7-17(23)27-15-8-13(5-6-14(10)15)26-9-16(22)21-19-18(20(24)25-4)11(2)12(3)28-19/h5-8H,9H2,1-4H3,(H,21,22). The van der Waals surface area contributed by atoms with Gasteiger partial charge in [-0.15, -0.1) is 11.3 Å². The largest absolute Gasteiger partial charge is 0.484 e. The highest BCUT2D eigenvalue weighted by Crippen LogP contribution is 2.33. The summed E-state index contributed by atoms with van der Waals surface area (Å²) in [7, 11) is 1.29. The first-order valence-corrected chi connectivity index (χ1v) is 9.27. The summed E-state index contributed by atoms with van der Waals surface area (Å²) in [5.74, 6) is -0.529. The van der Waals surface area contributed by atoms with Crippen molar-refractivity contribution in [2.45, 2.75) is 20.8 Å². The predicted molar refractivity (Wildman–Crippen MR) is 106 cm³/mol. The van der Waals surface area contributed by atoms with Gasteiger partial charge in [0.1, 0.15) is 16.3 Å². The van der Waals surface area contributed by atoms with Gasteiger partial charge >= 0.3 is 11.6 Å². The van der Waals surface area contributed by atoms with E-state index in [1.165, 1.54) is 24.5 Å². The molecule has 0 unspecified atom stereocenters. The van der Waals surface area contributed by atoms with Gasteiger partial charge in [0.2, 0.25) is 0 Å². The number of hydrogen-bond donors (Lipinski definition) is 1. The number of carbonyl (C=O) groups excluding carboxylic acids is 2. The summed E-state index contributed by atoms with van der Waals surface area (Å²) in [4.78, 5) is 36.7. The van der Waals surface area contributed by atoms with E-state index < -0.39 is 17.5 Å². The number of nitrogens with one attached hydrogen (secondary N) is 1. The SMILES string of the molecule is COC(=O)c1c(NC(=O)COc2ccc3c(C)cc(=O)oc3c2)sc(C)c1C. The van der Waals surface area contributed by atoms with E-state index in [9.17, 15) is 14.4 Å². The van der Waals surface area contributed by atoms with Gasteiger partial charge in [0.25, 0.3) is 5.91 Å². The lowest BCUT2D eigenvalue weighted by Gasteiger charge is -2.09. The van der Waals surface area contributed by atoms with Gasteiger partial charge in [-0.1, -0.05) is 0 Å². The minimum atomic E-state index is -0.502. The van der Waals surface area contributed by atoms with Crippen molar-refractivity contribution in [2.24, 2.45) is 0 Å². The van der Waals surface area contributed by atoms with Crippen molar-refractivity contribution in [1.82, 2.24) is 0 Å². The molecule has 3 rings (SSSR count). The predicted octanol–water partition coefficient (Wildman–Crippen LogP) is 3.58. The molecule has 0 aliphatic carbocycles. The van der Waals surface area contributed by atoms with E-state index in [0.29, 0.717) is 21.9 Å². The molecular weight excluding hydrogens is 382 g/mol. The molecule has 7 nitrogen and oxygen atoms in total. The van der Waals surface area contributed by atoms with Crippen molar-refractivity contribution in [2.75, 3.05) is 19.0 Å². The summed E-state index contributed by atoms with van der Waals surface area (Å²) in [6.07, 6.45) is 0. The monoisotopic (exact) mass is 401 g/mol. The molecule has 2 heterocycles. The Hall–Kier alpha value is -3.13. The normalized spacial score (nSPS) is 10.7. The van der Waals surface area contributed by atoms with E-state index in [0.717, 1.165) is 21.4 Å². The second-order valence-corrected chi connectivity index (χ2v) is 7.45. The van der Waals surface area contributed by atoms with Crippen molar-refractivity contribution in [3.63, 3.8) is 0 Å². The molecule has 0 bridgehead atoms. The van der Waals surface area contributed by atoms with Crippen LogP contribution in [0.2, 0.25) is 0 Å². The van der Waals surface area contributed by atoms with Crippen molar-refractivity contribution in [3.05, 3.63) is 56.3 Å². The second kappa shape index (κ2) is 7.85. The first kappa shape index (κ1) is 19.6. The van der Waals surface area contributed by atoms with Crippen molar-refractivity contribution in [3.8, 4) is 5.75 Å². The van der Waals surface area contributed by atoms with Crippen LogP contribution in [0.3, 0.4) is 0 Å². The zero-order valence-corrected chi connectivity index (χ0v) is 16.7. The molecule has 0 spiro atoms. The van der Waals surface area contributed by atoms with Crippen LogP contribution in [0.15, 0.2) is 33.5 Å². The summed E-state index contributed by atoms with van der Waals surface area (Å²) < 4.78 is 15.5. The Balaban J connectivity index is 1.73. The number of fused-ring (bicyclic) bond motifs is 1. The van der Waals surface area contributed by atoms with Gasteiger partial charge < -0.3 is 19.2 Å². The van der Waals surface area contributed by atoms with Crippen LogP contribution in [0.5, 0.6) is 5.75 Å². The fraction of sp³-hybridized carbons (Fsp3) is 0.250. The lowest BCUT2D eigenvalue weighted by atomic mass is 10.1. The molecule has 28 heavy (non-hydrogen) atoms. The molecular formula is C20H19NO6S. The highest BCUT2D eigenvalue weighted by Gasteiger charge is 2.21. The zero-order chi connectivity index (χ0) is 20.4. The van der Waals surface area contributed by atoms with E-state index in [1.54, 1.807) is 25.1 Å². The van der Waals surface area contributed by atoms with Gasteiger partial charge in [-0.2, -0.15) is 0 Å². The number of thiophene rings is 1. The summed E-state index contributed by atoms with van der Waals surface area (Å²) in [5.41, 5.74) is 1.86. The smallest absolute Gasteiger partial charge is 0.341 e. The number of rotatable bonds is 5. The summed E-state index contributed by atoms with van der Waals surface area (Å²) >= 11 is 1.30. The van der Waals surface area contributed by atoms with Gasteiger partial charge in [-0.3, -0.25) is 4.79 Å². The van der Waals surface area contributed by atoms with Gasteiger partial charge in [-0.25, -0.2) is 9.59 Å². The van der Waals surface area contributed by atoms with E-state index in [-0.39, 0.29) is 6.61 Å². The van der Waals surface area contributed by atoms with Crippen LogP contribution in [0.1, 0.15) is 26.4 Å². The van der Waals surface area contributed by atoms with E-state index in [2.05, 4.69) is 5.32 Å². The maximum Gasteiger partial charge on any atom is 0.341 e. The minimum absolute atomic E-state index is 0.266. The van der Waals surface area contributed by atoms with Crippen LogP contribution in [-0.4, -0.2) is 25.6 Å². The molecule has 0 aliphatic rings. The molecule has 1 amide bonds. The fourth-order valence-electron chi connectivity index (χ4n) is 2.77. The van der Waals surface area contributed by atoms with E-state index >= 15 is 0 Å². The van der Waals surface area contributed by atoms with Gasteiger partial charge in [0, 0.05) is 22.4 Å².